The van der Waals surface area contributed by atoms with Gasteiger partial charge in [-0.05, 0) is 31.0 Å². The number of benzene rings is 1. The molecule has 0 unspecified atom stereocenters. The van der Waals surface area contributed by atoms with Crippen LogP contribution in [0.2, 0.25) is 0 Å². The third-order valence-corrected chi connectivity index (χ3v) is 5.26. The fraction of sp³-hybridized carbons (Fsp3) is 0.429. The average molecular weight is 398 g/mol. The van der Waals surface area contributed by atoms with Crippen molar-refractivity contribution in [3.63, 3.8) is 0 Å². The van der Waals surface area contributed by atoms with Crippen LogP contribution in [0.25, 0.3) is 0 Å². The average Bonchev–Trinajstić information content (AvgIpc) is 2.78. The number of hydrogen-bond acceptors (Lipinski definition) is 6. The first-order chi connectivity index (χ1) is 14.0. The molecule has 0 radical (unpaired) electrons. The summed E-state index contributed by atoms with van der Waals surface area (Å²) in [6.45, 7) is 0. The van der Waals surface area contributed by atoms with Gasteiger partial charge in [0.15, 0.2) is 11.5 Å². The molecule has 1 N–H and O–H groups in total. The number of rotatable bonds is 6. The summed E-state index contributed by atoms with van der Waals surface area (Å²) in [5, 5.41) is 10.2. The number of carbonyl (C=O) groups is 2. The Balaban J connectivity index is 1.91. The lowest BCUT2D eigenvalue weighted by molar-refractivity contribution is 0.0695. The summed E-state index contributed by atoms with van der Waals surface area (Å²) < 4.78 is 10.8. The highest BCUT2D eigenvalue weighted by molar-refractivity contribution is 6.06. The highest BCUT2D eigenvalue weighted by Crippen LogP contribution is 2.37. The summed E-state index contributed by atoms with van der Waals surface area (Å²) >= 11 is 0. The maximum Gasteiger partial charge on any atom is 0.257 e. The van der Waals surface area contributed by atoms with Crippen LogP contribution in [-0.2, 0) is 0 Å². The zero-order chi connectivity index (χ0) is 20.8. The molecule has 2 amide bonds. The predicted octanol–water partition coefficient (Wildman–Crippen LogP) is 3.15. The van der Waals surface area contributed by atoms with E-state index in [1.165, 1.54) is 33.0 Å². The van der Waals surface area contributed by atoms with Gasteiger partial charge < -0.3 is 19.7 Å². The van der Waals surface area contributed by atoms with Gasteiger partial charge in [-0.15, -0.1) is 0 Å². The van der Waals surface area contributed by atoms with Gasteiger partial charge in [0.05, 0.1) is 37.9 Å². The van der Waals surface area contributed by atoms with E-state index in [0.29, 0.717) is 28.3 Å². The van der Waals surface area contributed by atoms with E-state index in [-0.39, 0.29) is 17.9 Å². The smallest absolute Gasteiger partial charge is 0.257 e. The van der Waals surface area contributed by atoms with E-state index in [2.05, 4.69) is 15.5 Å². The molecule has 8 heteroatoms. The maximum atomic E-state index is 13.1. The van der Waals surface area contributed by atoms with Crippen molar-refractivity contribution in [2.24, 2.45) is 0 Å². The molecule has 1 aromatic carbocycles. The van der Waals surface area contributed by atoms with Crippen molar-refractivity contribution >= 4 is 17.5 Å². The van der Waals surface area contributed by atoms with Crippen molar-refractivity contribution < 1.29 is 19.1 Å². The minimum absolute atomic E-state index is 0.112. The first-order valence-electron chi connectivity index (χ1n) is 9.66. The second kappa shape index (κ2) is 9.36. The van der Waals surface area contributed by atoms with Gasteiger partial charge in [0.25, 0.3) is 11.8 Å². The van der Waals surface area contributed by atoms with Crippen LogP contribution in [0.1, 0.15) is 52.8 Å². The van der Waals surface area contributed by atoms with E-state index >= 15 is 0 Å². The van der Waals surface area contributed by atoms with E-state index in [4.69, 9.17) is 9.47 Å². The molecule has 1 aliphatic carbocycles. The summed E-state index contributed by atoms with van der Waals surface area (Å²) in [5.74, 6) is 0.225. The molecule has 0 bridgehead atoms. The number of ether oxygens (including phenoxy) is 2. The van der Waals surface area contributed by atoms with Crippen LogP contribution in [0, 0.1) is 0 Å². The molecule has 1 heterocycles. The van der Waals surface area contributed by atoms with Gasteiger partial charge in [-0.1, -0.05) is 19.3 Å². The summed E-state index contributed by atoms with van der Waals surface area (Å²) in [6, 6.07) is 5.04. The van der Waals surface area contributed by atoms with E-state index in [0.717, 1.165) is 25.7 Å². The largest absolute Gasteiger partial charge is 0.493 e. The van der Waals surface area contributed by atoms with E-state index in [1.807, 2.05) is 7.05 Å². The van der Waals surface area contributed by atoms with Crippen LogP contribution in [0.15, 0.2) is 30.6 Å². The molecule has 1 aromatic heterocycles. The topological polar surface area (TPSA) is 93.7 Å². The van der Waals surface area contributed by atoms with Crippen molar-refractivity contribution in [1.82, 2.24) is 15.1 Å². The highest BCUT2D eigenvalue weighted by Gasteiger charge is 2.25. The van der Waals surface area contributed by atoms with E-state index in [9.17, 15) is 9.59 Å². The zero-order valence-corrected chi connectivity index (χ0v) is 17.0. The van der Waals surface area contributed by atoms with Crippen LogP contribution < -0.4 is 14.8 Å². The summed E-state index contributed by atoms with van der Waals surface area (Å²) in [5.41, 5.74) is 1.13. The molecule has 1 saturated carbocycles. The van der Waals surface area contributed by atoms with Crippen LogP contribution in [0.3, 0.4) is 0 Å². The van der Waals surface area contributed by atoms with Crippen molar-refractivity contribution in [1.29, 1.82) is 0 Å². The quantitative estimate of drug-likeness (QED) is 0.803. The van der Waals surface area contributed by atoms with E-state index < -0.39 is 0 Å². The minimum atomic E-state index is -0.384. The highest BCUT2D eigenvalue weighted by atomic mass is 16.5. The Kier molecular flexibility index (Phi) is 6.64. The monoisotopic (exact) mass is 398 g/mol. The van der Waals surface area contributed by atoms with Gasteiger partial charge >= 0.3 is 0 Å². The number of nitrogens with zero attached hydrogens (tertiary/aromatic N) is 3. The summed E-state index contributed by atoms with van der Waals surface area (Å²) in [7, 11) is 4.81. The van der Waals surface area contributed by atoms with Crippen LogP contribution in [-0.4, -0.2) is 54.2 Å². The lowest BCUT2D eigenvalue weighted by atomic mass is 9.94. The van der Waals surface area contributed by atoms with Crippen LogP contribution in [0.4, 0.5) is 5.69 Å². The Morgan fingerprint density at radius 1 is 1.07 bits per heavy atom. The molecule has 3 rings (SSSR count). The third-order valence-electron chi connectivity index (χ3n) is 5.26. The Morgan fingerprint density at radius 2 is 1.83 bits per heavy atom. The van der Waals surface area contributed by atoms with Gasteiger partial charge in [-0.3, -0.25) is 9.59 Å². The molecule has 0 aliphatic heterocycles. The van der Waals surface area contributed by atoms with Gasteiger partial charge in [0.1, 0.15) is 0 Å². The Morgan fingerprint density at radius 3 is 2.45 bits per heavy atom. The third kappa shape index (κ3) is 4.64. The van der Waals surface area contributed by atoms with Gasteiger partial charge in [-0.2, -0.15) is 10.2 Å². The number of nitrogens with one attached hydrogen (secondary N) is 1. The second-order valence-corrected chi connectivity index (χ2v) is 7.05. The zero-order valence-electron chi connectivity index (χ0n) is 17.0. The Hall–Kier alpha value is -3.16. The van der Waals surface area contributed by atoms with Crippen molar-refractivity contribution in [2.75, 3.05) is 26.6 Å². The molecule has 8 nitrogen and oxygen atoms in total. The standard InChI is InChI=1S/C21H26N4O4/c1-25(16-7-5-4-6-8-16)21(27)15-11-17(19(29-3)18(12-15)28-2)24-20(26)14-9-10-22-23-13-14/h9-13,16H,4-8H2,1-3H3,(H,24,26). The number of hydrogen-bond donors (Lipinski definition) is 1. The van der Waals surface area contributed by atoms with Gasteiger partial charge in [0.2, 0.25) is 0 Å². The molecule has 1 aliphatic rings. The molecule has 154 valence electrons. The fourth-order valence-corrected chi connectivity index (χ4v) is 3.64. The van der Waals surface area contributed by atoms with Crippen molar-refractivity contribution in [3.8, 4) is 11.5 Å². The number of aromatic nitrogens is 2. The number of carbonyl (C=O) groups excluding carboxylic acids is 2. The molecular weight excluding hydrogens is 372 g/mol. The first-order valence-corrected chi connectivity index (χ1v) is 9.66. The number of anilines is 1. The maximum absolute atomic E-state index is 13.1. The Labute approximate surface area is 170 Å². The second-order valence-electron chi connectivity index (χ2n) is 7.05. The molecular formula is C21H26N4O4. The number of methoxy groups -OCH3 is 2. The molecule has 0 spiro atoms. The molecule has 0 atom stereocenters. The Bertz CT molecular complexity index is 866. The minimum Gasteiger partial charge on any atom is -0.493 e. The van der Waals surface area contributed by atoms with Crippen LogP contribution in [0.5, 0.6) is 11.5 Å². The van der Waals surface area contributed by atoms with E-state index in [1.54, 1.807) is 23.1 Å². The predicted molar refractivity (Wildman–Crippen MR) is 108 cm³/mol. The molecule has 1 fully saturated rings. The summed E-state index contributed by atoms with van der Waals surface area (Å²) in [4.78, 5) is 27.5. The number of amides is 2. The van der Waals surface area contributed by atoms with Crippen molar-refractivity contribution in [2.45, 2.75) is 38.1 Å². The molecule has 0 saturated heterocycles. The van der Waals surface area contributed by atoms with Crippen molar-refractivity contribution in [3.05, 3.63) is 41.7 Å². The lowest BCUT2D eigenvalue weighted by Crippen LogP contribution is -2.38. The molecule has 2 aromatic rings. The SMILES string of the molecule is COc1cc(C(=O)N(C)C2CCCCC2)cc(NC(=O)c2ccnnc2)c1OC. The van der Waals surface area contributed by atoms with Gasteiger partial charge in [-0.25, -0.2) is 0 Å². The lowest BCUT2D eigenvalue weighted by Gasteiger charge is -2.31. The molecule has 29 heavy (non-hydrogen) atoms. The van der Waals surface area contributed by atoms with Gasteiger partial charge in [0, 0.05) is 18.7 Å². The fourth-order valence-electron chi connectivity index (χ4n) is 3.64. The normalized spacial score (nSPS) is 14.2. The summed E-state index contributed by atoms with van der Waals surface area (Å²) in [6.07, 6.45) is 8.30. The van der Waals surface area contributed by atoms with Crippen LogP contribution >= 0.6 is 0 Å². The first kappa shape index (κ1) is 20.6.